The molecule has 7 nitrogen and oxygen atoms in total. The zero-order valence-electron chi connectivity index (χ0n) is 16.0. The minimum absolute atomic E-state index is 0.0839. The topological polar surface area (TPSA) is 72.9 Å². The average molecular weight is 389 g/mol. The Morgan fingerprint density at radius 2 is 1.96 bits per heavy atom. The van der Waals surface area contributed by atoms with Crippen LogP contribution in [0, 0.1) is 5.95 Å². The summed E-state index contributed by atoms with van der Waals surface area (Å²) in [5.41, 5.74) is 1.22. The highest BCUT2D eigenvalue weighted by Crippen LogP contribution is 2.32. The van der Waals surface area contributed by atoms with Crippen LogP contribution in [0.4, 0.5) is 4.39 Å². The number of halogens is 1. The van der Waals surface area contributed by atoms with E-state index in [2.05, 4.69) is 15.2 Å². The number of pyridine rings is 1. The zero-order chi connectivity index (χ0) is 19.9. The van der Waals surface area contributed by atoms with Crippen LogP contribution in [0.15, 0.2) is 36.5 Å². The quantitative estimate of drug-likeness (QED) is 0.731. The Balaban J connectivity index is 1.80. The van der Waals surface area contributed by atoms with Crippen LogP contribution in [0.5, 0.6) is 11.5 Å². The van der Waals surface area contributed by atoms with Crippen molar-refractivity contribution in [1.29, 1.82) is 0 Å². The summed E-state index contributed by atoms with van der Waals surface area (Å²) < 4.78 is 29.5. The molecule has 1 saturated heterocycles. The van der Waals surface area contributed by atoms with E-state index in [1.165, 1.54) is 12.3 Å². The molecule has 0 aliphatic carbocycles. The summed E-state index contributed by atoms with van der Waals surface area (Å²) >= 11 is 0. The molecule has 1 aromatic carbocycles. The van der Waals surface area contributed by atoms with E-state index in [9.17, 15) is 9.18 Å². The largest absolute Gasteiger partial charge is 0.493 e. The Bertz CT molecular complexity index is 812. The third kappa shape index (κ3) is 4.76. The number of nitrogens with zero attached hydrogens (tertiary/aromatic N) is 2. The molecule has 1 aliphatic heterocycles. The number of nitrogens with one attached hydrogen (secondary N) is 1. The predicted octanol–water partition coefficient (Wildman–Crippen LogP) is 2.04. The molecule has 8 heteroatoms. The van der Waals surface area contributed by atoms with E-state index in [0.717, 1.165) is 24.7 Å². The van der Waals surface area contributed by atoms with Crippen molar-refractivity contribution < 1.29 is 23.4 Å². The van der Waals surface area contributed by atoms with Gasteiger partial charge in [0, 0.05) is 37.5 Å². The van der Waals surface area contributed by atoms with Crippen molar-refractivity contribution in [2.24, 2.45) is 0 Å². The number of ether oxygens (including phenoxy) is 3. The molecule has 2 heterocycles. The molecule has 1 atom stereocenters. The van der Waals surface area contributed by atoms with E-state index in [-0.39, 0.29) is 17.5 Å². The predicted molar refractivity (Wildman–Crippen MR) is 101 cm³/mol. The van der Waals surface area contributed by atoms with Crippen LogP contribution in [-0.4, -0.2) is 62.9 Å². The van der Waals surface area contributed by atoms with Gasteiger partial charge in [-0.1, -0.05) is 6.07 Å². The van der Waals surface area contributed by atoms with Crippen LogP contribution in [0.3, 0.4) is 0 Å². The Morgan fingerprint density at radius 1 is 1.21 bits per heavy atom. The minimum atomic E-state index is -0.683. The number of methoxy groups -OCH3 is 2. The molecular weight excluding hydrogens is 365 g/mol. The number of amides is 1. The molecule has 0 spiro atoms. The second-order valence-electron chi connectivity index (χ2n) is 6.36. The average Bonchev–Trinajstić information content (AvgIpc) is 2.74. The summed E-state index contributed by atoms with van der Waals surface area (Å²) in [6.07, 6.45) is 1.28. The fraction of sp³-hybridized carbons (Fsp3) is 0.400. The molecule has 1 aliphatic rings. The zero-order valence-corrected chi connectivity index (χ0v) is 16.0. The van der Waals surface area contributed by atoms with Gasteiger partial charge in [-0.3, -0.25) is 9.69 Å². The third-order valence-electron chi connectivity index (χ3n) is 4.72. The van der Waals surface area contributed by atoms with E-state index < -0.39 is 5.95 Å². The van der Waals surface area contributed by atoms with Gasteiger partial charge in [-0.15, -0.1) is 0 Å². The summed E-state index contributed by atoms with van der Waals surface area (Å²) in [5.74, 6) is 0.237. The van der Waals surface area contributed by atoms with Gasteiger partial charge in [0.2, 0.25) is 5.95 Å². The van der Waals surface area contributed by atoms with Crippen LogP contribution < -0.4 is 14.8 Å². The number of hydrogen-bond acceptors (Lipinski definition) is 6. The number of carbonyl (C=O) groups excluding carboxylic acids is 1. The van der Waals surface area contributed by atoms with Crippen LogP contribution in [0.2, 0.25) is 0 Å². The van der Waals surface area contributed by atoms with Crippen LogP contribution in [0.1, 0.15) is 22.0 Å². The minimum Gasteiger partial charge on any atom is -0.493 e. The summed E-state index contributed by atoms with van der Waals surface area (Å²) in [4.78, 5) is 18.2. The van der Waals surface area contributed by atoms with Crippen molar-refractivity contribution in [3.8, 4) is 11.5 Å². The van der Waals surface area contributed by atoms with Gasteiger partial charge in [0.15, 0.2) is 11.5 Å². The molecule has 1 amide bonds. The fourth-order valence-electron chi connectivity index (χ4n) is 3.24. The van der Waals surface area contributed by atoms with Crippen LogP contribution in [0.25, 0.3) is 0 Å². The molecule has 1 unspecified atom stereocenters. The normalized spacial score (nSPS) is 15.7. The number of aromatic nitrogens is 1. The molecule has 28 heavy (non-hydrogen) atoms. The van der Waals surface area contributed by atoms with E-state index in [4.69, 9.17) is 14.2 Å². The first-order valence-electron chi connectivity index (χ1n) is 9.06. The summed E-state index contributed by atoms with van der Waals surface area (Å²) in [5, 5.41) is 2.90. The monoisotopic (exact) mass is 389 g/mol. The number of benzene rings is 1. The molecule has 2 aromatic rings. The highest BCUT2D eigenvalue weighted by atomic mass is 19.1. The first-order valence-corrected chi connectivity index (χ1v) is 9.06. The second kappa shape index (κ2) is 9.48. The van der Waals surface area contributed by atoms with Crippen molar-refractivity contribution in [3.63, 3.8) is 0 Å². The van der Waals surface area contributed by atoms with Gasteiger partial charge >= 0.3 is 0 Å². The van der Waals surface area contributed by atoms with E-state index in [1.807, 2.05) is 18.2 Å². The SMILES string of the molecule is COc1ccc(C(CNC(=O)c2ccnc(F)c2)N2CCOCC2)cc1OC. The molecule has 1 N–H and O–H groups in total. The number of hydrogen-bond donors (Lipinski definition) is 1. The van der Waals surface area contributed by atoms with Crippen LogP contribution >= 0.6 is 0 Å². The molecule has 1 aromatic heterocycles. The van der Waals surface area contributed by atoms with E-state index >= 15 is 0 Å². The van der Waals surface area contributed by atoms with Crippen molar-refractivity contribution in [2.75, 3.05) is 47.1 Å². The molecule has 1 fully saturated rings. The number of carbonyl (C=O) groups is 1. The van der Waals surface area contributed by atoms with Gasteiger partial charge < -0.3 is 19.5 Å². The maximum Gasteiger partial charge on any atom is 0.251 e. The fourth-order valence-corrected chi connectivity index (χ4v) is 3.24. The number of rotatable bonds is 7. The van der Waals surface area contributed by atoms with Gasteiger partial charge in [-0.2, -0.15) is 4.39 Å². The summed E-state index contributed by atoms with van der Waals surface area (Å²) in [6, 6.07) is 8.24. The second-order valence-corrected chi connectivity index (χ2v) is 6.36. The Hall–Kier alpha value is -2.71. The molecule has 3 rings (SSSR count). The number of morpholine rings is 1. The van der Waals surface area contributed by atoms with Gasteiger partial charge in [0.05, 0.1) is 33.5 Å². The van der Waals surface area contributed by atoms with Crippen molar-refractivity contribution >= 4 is 5.91 Å². The summed E-state index contributed by atoms with van der Waals surface area (Å²) in [7, 11) is 3.18. The lowest BCUT2D eigenvalue weighted by atomic mass is 10.0. The molecule has 0 saturated carbocycles. The maximum absolute atomic E-state index is 13.3. The lowest BCUT2D eigenvalue weighted by Gasteiger charge is -2.35. The van der Waals surface area contributed by atoms with Crippen molar-refractivity contribution in [2.45, 2.75) is 6.04 Å². The molecular formula is C20H24FN3O4. The maximum atomic E-state index is 13.3. The Labute approximate surface area is 163 Å². The molecule has 150 valence electrons. The van der Waals surface area contributed by atoms with Gasteiger partial charge in [0.1, 0.15) is 0 Å². The Morgan fingerprint density at radius 3 is 2.64 bits per heavy atom. The third-order valence-corrected chi connectivity index (χ3v) is 4.72. The summed E-state index contributed by atoms with van der Waals surface area (Å²) in [6.45, 7) is 3.12. The first-order chi connectivity index (χ1) is 13.6. The van der Waals surface area contributed by atoms with Crippen LogP contribution in [-0.2, 0) is 4.74 Å². The lowest BCUT2D eigenvalue weighted by molar-refractivity contribution is 0.0162. The first kappa shape index (κ1) is 20.0. The standard InChI is InChI=1S/C20H24FN3O4/c1-26-17-4-3-14(11-18(17)27-2)16(24-7-9-28-10-8-24)13-23-20(25)15-5-6-22-19(21)12-15/h3-6,11-12,16H,7-10,13H2,1-2H3,(H,23,25). The molecule has 0 bridgehead atoms. The van der Waals surface area contributed by atoms with Crippen molar-refractivity contribution in [1.82, 2.24) is 15.2 Å². The Kier molecular flexibility index (Phi) is 6.78. The lowest BCUT2D eigenvalue weighted by Crippen LogP contribution is -2.43. The van der Waals surface area contributed by atoms with E-state index in [0.29, 0.717) is 31.3 Å². The van der Waals surface area contributed by atoms with Gasteiger partial charge in [0.25, 0.3) is 5.91 Å². The highest BCUT2D eigenvalue weighted by molar-refractivity contribution is 5.94. The highest BCUT2D eigenvalue weighted by Gasteiger charge is 2.24. The van der Waals surface area contributed by atoms with Crippen molar-refractivity contribution in [3.05, 3.63) is 53.6 Å². The molecule has 0 radical (unpaired) electrons. The smallest absolute Gasteiger partial charge is 0.251 e. The van der Waals surface area contributed by atoms with Gasteiger partial charge in [-0.05, 0) is 23.8 Å². The van der Waals surface area contributed by atoms with E-state index in [1.54, 1.807) is 14.2 Å². The van der Waals surface area contributed by atoms with Gasteiger partial charge in [-0.25, -0.2) is 4.98 Å².